The topological polar surface area (TPSA) is 189 Å². The summed E-state index contributed by atoms with van der Waals surface area (Å²) in [6, 6.07) is 63.5. The molecular weight excluding hydrogens is 1170 g/mol. The summed E-state index contributed by atoms with van der Waals surface area (Å²) in [6.07, 6.45) is 41.4. The number of oxazole rings is 1. The smallest absolute Gasteiger partial charge is 0.180 e. The molecule has 14 aromatic rings. The zero-order valence-electron chi connectivity index (χ0n) is 49.8. The van der Waals surface area contributed by atoms with Crippen molar-refractivity contribution in [1.29, 1.82) is 0 Å². The number of hydrogen-bond donors (Lipinski definition) is 1. The predicted octanol–water partition coefficient (Wildman–Crippen LogP) is 19.3. The van der Waals surface area contributed by atoms with Gasteiger partial charge in [0, 0.05) is 137 Å². The zero-order chi connectivity index (χ0) is 62.2. The first kappa shape index (κ1) is 76.8. The van der Waals surface area contributed by atoms with Crippen LogP contribution in [0.4, 0.5) is 5.69 Å². The van der Waals surface area contributed by atoms with E-state index in [0.29, 0.717) is 0 Å². The van der Waals surface area contributed by atoms with E-state index >= 15 is 0 Å². The lowest BCUT2D eigenvalue weighted by Gasteiger charge is -2.08. The van der Waals surface area contributed by atoms with E-state index in [0.717, 1.165) is 44.1 Å². The van der Waals surface area contributed by atoms with E-state index in [1.807, 2.05) is 205 Å². The van der Waals surface area contributed by atoms with E-state index in [4.69, 9.17) is 9.47 Å². The highest BCUT2D eigenvalue weighted by atomic mass is 32.1. The normalized spacial score (nSPS) is 10.8. The molecule has 13 heterocycles. The van der Waals surface area contributed by atoms with Crippen molar-refractivity contribution in [3.8, 4) is 0 Å². The van der Waals surface area contributed by atoms with Gasteiger partial charge >= 0.3 is 0 Å². The van der Waals surface area contributed by atoms with E-state index in [9.17, 15) is 0 Å². The second-order valence-electron chi connectivity index (χ2n) is 17.4. The van der Waals surface area contributed by atoms with Gasteiger partial charge in [0.25, 0.3) is 0 Å². The van der Waals surface area contributed by atoms with Crippen molar-refractivity contribution in [3.63, 3.8) is 0 Å². The van der Waals surface area contributed by atoms with Gasteiger partial charge in [0.05, 0.1) is 35.4 Å². The van der Waals surface area contributed by atoms with Crippen molar-refractivity contribution >= 4 is 56.3 Å². The fraction of sp³-hybridized carbons (Fsp3) is 0.162. The van der Waals surface area contributed by atoms with Gasteiger partial charge in [-0.3, -0.25) is 45.0 Å². The molecule has 4 aromatic carbocycles. The average Bonchev–Trinajstić information content (AvgIpc) is 4.64. The number of hydrogen-bond acceptors (Lipinski definition) is 16. The lowest BCUT2D eigenvalue weighted by molar-refractivity contribution is 0.0968. The van der Waals surface area contributed by atoms with Gasteiger partial charge in [-0.05, 0) is 126 Å². The summed E-state index contributed by atoms with van der Waals surface area (Å²) < 4.78 is 19.1. The molecule has 17 rings (SSSR count). The number of furan rings is 1. The van der Waals surface area contributed by atoms with Crippen LogP contribution >= 0.6 is 22.7 Å². The first-order valence-corrected chi connectivity index (χ1v) is 30.6. The molecule has 1 N–H and O–H groups in total. The monoisotopic (exact) mass is 1260 g/mol. The Morgan fingerprint density at radius 1 is 0.363 bits per heavy atom. The van der Waals surface area contributed by atoms with Crippen LogP contribution in [0.3, 0.4) is 0 Å². The molecule has 0 bridgehead atoms. The SMILES string of the molecule is C.C.C1=Nc2ccccc2C1.C1CCOC1.C1CCOCC1.c1ccc2cnccc2c1.c1ccc2ncccc2c1.c1ccccc1.c1ccncc1.c1ccncc1.c1ccoc1.c1ccsc1.c1cn[nH]c1.c1cnccn1.c1cocn1.c1cscn1. The van der Waals surface area contributed by atoms with Crippen LogP contribution in [0.5, 0.6) is 0 Å². The molecule has 0 radical (unpaired) electrons. The Kier molecular flexibility index (Phi) is 50.6. The number of para-hydroxylation sites is 2. The largest absolute Gasteiger partial charge is 0.473 e. The van der Waals surface area contributed by atoms with Crippen molar-refractivity contribution in [1.82, 2.24) is 50.1 Å². The Morgan fingerprint density at radius 3 is 1.30 bits per heavy atom. The van der Waals surface area contributed by atoms with Crippen molar-refractivity contribution in [3.05, 3.63) is 339 Å². The van der Waals surface area contributed by atoms with E-state index in [-0.39, 0.29) is 14.9 Å². The number of thiazole rings is 1. The number of thiophene rings is 1. The van der Waals surface area contributed by atoms with Crippen LogP contribution in [0, 0.1) is 0 Å². The van der Waals surface area contributed by atoms with E-state index in [1.54, 1.807) is 115 Å². The standard InChI is InChI=1S/2C9H7N.C8H7N.C6H6.2C5H5N.C5H10O.C4H4N2.C4H8O.C4H4O.C4H4S.C3H4N2.C3H3NO.C3H3NS.2CH4/c1-2-6-9-8(4-1)5-3-7-10-9;1-2-4-9-7-10-6-5-8(9)3-1;1-2-4-8-7(3-1)5-6-9-8;4*1-2-4-6-5-3-1;1-2-6-4-3-5-1;4*1-2-4-5-3-1;2*1-2-5-3-4-1;;/h2*1-7H;1-4,6H,5H2;1-6H;2*1-5H;1-5H2;1-4H;1-4H2;2*1-4H;1-3H,(H,4,5);2*1-3H;2*1H4. The molecule has 91 heavy (non-hydrogen) atoms. The lowest BCUT2D eigenvalue weighted by atomic mass is 10.2. The zero-order valence-corrected chi connectivity index (χ0v) is 51.5. The van der Waals surface area contributed by atoms with Gasteiger partial charge in [0.15, 0.2) is 6.39 Å². The molecule has 0 amide bonds. The second kappa shape index (κ2) is 60.0. The van der Waals surface area contributed by atoms with Crippen LogP contribution in [0.1, 0.15) is 52.5 Å². The second-order valence-corrected chi connectivity index (χ2v) is 18.9. The van der Waals surface area contributed by atoms with Crippen LogP contribution in [-0.4, -0.2) is 82.7 Å². The molecule has 0 spiro atoms. The van der Waals surface area contributed by atoms with Gasteiger partial charge in [0.1, 0.15) is 6.26 Å². The van der Waals surface area contributed by atoms with E-state index in [1.165, 1.54) is 66.5 Å². The number of rotatable bonds is 0. The van der Waals surface area contributed by atoms with Crippen LogP contribution in [0.15, 0.2) is 348 Å². The number of nitrogens with zero attached hydrogens (tertiary/aromatic N) is 10. The summed E-state index contributed by atoms with van der Waals surface area (Å²) in [5.74, 6) is 0. The van der Waals surface area contributed by atoms with Gasteiger partial charge in [0.2, 0.25) is 0 Å². The third-order valence-corrected chi connectivity index (χ3v) is 11.9. The Bertz CT molecular complexity index is 2850. The number of pyridine rings is 4. The fourth-order valence-electron chi connectivity index (χ4n) is 6.58. The van der Waals surface area contributed by atoms with E-state index in [2.05, 4.69) is 94.2 Å². The fourth-order valence-corrected chi connectivity index (χ4v) is 7.38. The van der Waals surface area contributed by atoms with Gasteiger partial charge in [-0.25, -0.2) is 4.98 Å². The molecular formula is C74H85N11O4S2. The molecule has 0 atom stereocenters. The summed E-state index contributed by atoms with van der Waals surface area (Å²) in [5, 5.41) is 15.9. The number of benzene rings is 4. The molecule has 3 aliphatic rings. The maximum Gasteiger partial charge on any atom is 0.180 e. The predicted molar refractivity (Wildman–Crippen MR) is 377 cm³/mol. The Morgan fingerprint density at radius 2 is 0.923 bits per heavy atom. The van der Waals surface area contributed by atoms with Gasteiger partial charge < -0.3 is 18.3 Å². The molecule has 2 saturated heterocycles. The van der Waals surface area contributed by atoms with Crippen molar-refractivity contribution in [2.24, 2.45) is 4.99 Å². The van der Waals surface area contributed by atoms with Crippen molar-refractivity contribution < 1.29 is 18.3 Å². The number of fused-ring (bicyclic) bond motifs is 3. The third kappa shape index (κ3) is 45.6. The minimum absolute atomic E-state index is 0. The maximum absolute atomic E-state index is 5.07. The summed E-state index contributed by atoms with van der Waals surface area (Å²) >= 11 is 3.31. The quantitative estimate of drug-likeness (QED) is 0.151. The maximum atomic E-state index is 5.07. The molecule has 10 aromatic heterocycles. The first-order valence-electron chi connectivity index (χ1n) is 28.7. The Labute approximate surface area is 545 Å². The van der Waals surface area contributed by atoms with Crippen molar-refractivity contribution in [2.45, 2.75) is 53.4 Å². The molecule has 0 saturated carbocycles. The number of aromatic amines is 1. The van der Waals surface area contributed by atoms with Crippen LogP contribution in [0.2, 0.25) is 0 Å². The molecule has 472 valence electrons. The summed E-state index contributed by atoms with van der Waals surface area (Å²) in [4.78, 5) is 34.7. The molecule has 17 heteroatoms. The molecule has 0 unspecified atom stereocenters. The van der Waals surface area contributed by atoms with Crippen LogP contribution in [-0.2, 0) is 15.9 Å². The van der Waals surface area contributed by atoms with Crippen molar-refractivity contribution in [2.75, 3.05) is 26.4 Å². The first-order chi connectivity index (χ1) is 44.4. The number of H-pyrrole nitrogens is 1. The van der Waals surface area contributed by atoms with Gasteiger partial charge in [-0.15, -0.1) is 11.3 Å². The number of nitrogens with one attached hydrogen (secondary N) is 1. The van der Waals surface area contributed by atoms with Crippen LogP contribution in [0.25, 0.3) is 21.7 Å². The highest BCUT2D eigenvalue weighted by molar-refractivity contribution is 7.07. The Balaban J connectivity index is 0.000000336. The average molecular weight is 1260 g/mol. The number of aliphatic imine (C=N–C) groups is 1. The minimum Gasteiger partial charge on any atom is -0.473 e. The highest BCUT2D eigenvalue weighted by Gasteiger charge is 2.02. The lowest BCUT2D eigenvalue weighted by Crippen LogP contribution is -2.03. The minimum atomic E-state index is 0. The van der Waals surface area contributed by atoms with Gasteiger partial charge in [-0.2, -0.15) is 16.4 Å². The molecule has 2 fully saturated rings. The summed E-state index contributed by atoms with van der Waals surface area (Å²) in [5.41, 5.74) is 5.33. The number of aromatic nitrogens is 10. The molecule has 0 aliphatic carbocycles. The Hall–Kier alpha value is -10.3. The summed E-state index contributed by atoms with van der Waals surface area (Å²) in [6.45, 7) is 4.00. The highest BCUT2D eigenvalue weighted by Crippen LogP contribution is 2.22. The van der Waals surface area contributed by atoms with E-state index < -0.39 is 0 Å². The molecule has 15 nitrogen and oxygen atoms in total. The number of ether oxygens (including phenoxy) is 2. The summed E-state index contributed by atoms with van der Waals surface area (Å²) in [7, 11) is 0. The molecule has 3 aliphatic heterocycles. The van der Waals surface area contributed by atoms with Gasteiger partial charge in [-0.1, -0.05) is 142 Å². The third-order valence-electron chi connectivity index (χ3n) is 10.7. The van der Waals surface area contributed by atoms with Crippen LogP contribution < -0.4 is 0 Å².